The number of amides is 2. The van der Waals surface area contributed by atoms with Crippen molar-refractivity contribution in [3.05, 3.63) is 64.3 Å². The van der Waals surface area contributed by atoms with Crippen LogP contribution < -0.4 is 10.6 Å². The second-order valence-corrected chi connectivity index (χ2v) is 8.18. The molecular formula is C22H24FN3O3S. The topological polar surface area (TPSA) is 70.7 Å². The van der Waals surface area contributed by atoms with Crippen LogP contribution in [-0.4, -0.2) is 44.5 Å². The van der Waals surface area contributed by atoms with E-state index >= 15 is 0 Å². The highest BCUT2D eigenvalue weighted by Gasteiger charge is 2.20. The van der Waals surface area contributed by atoms with E-state index in [4.69, 9.17) is 4.74 Å². The van der Waals surface area contributed by atoms with Crippen molar-refractivity contribution >= 4 is 38.9 Å². The van der Waals surface area contributed by atoms with Gasteiger partial charge in [-0.05, 0) is 43.9 Å². The van der Waals surface area contributed by atoms with Gasteiger partial charge in [-0.2, -0.15) is 0 Å². The lowest BCUT2D eigenvalue weighted by Gasteiger charge is -2.11. The summed E-state index contributed by atoms with van der Waals surface area (Å²) in [5.41, 5.74) is 2.06. The second-order valence-electron chi connectivity index (χ2n) is 7.12. The minimum Gasteiger partial charge on any atom is -0.380 e. The third-order valence-electron chi connectivity index (χ3n) is 4.38. The van der Waals surface area contributed by atoms with E-state index < -0.39 is 0 Å². The summed E-state index contributed by atoms with van der Waals surface area (Å²) in [5, 5.41) is 6.14. The average molecular weight is 430 g/mol. The van der Waals surface area contributed by atoms with Crippen LogP contribution in [-0.2, 0) is 22.7 Å². The van der Waals surface area contributed by atoms with Gasteiger partial charge in [0.05, 0.1) is 18.0 Å². The molecule has 158 valence electrons. The third kappa shape index (κ3) is 5.21. The molecule has 0 saturated carbocycles. The van der Waals surface area contributed by atoms with Crippen LogP contribution in [0.15, 0.2) is 42.5 Å². The number of carbonyl (C=O) groups excluding carboxylic acids is 2. The third-order valence-corrected chi connectivity index (χ3v) is 5.58. The molecule has 2 N–H and O–H groups in total. The van der Waals surface area contributed by atoms with Gasteiger partial charge in [-0.25, -0.2) is 4.39 Å². The number of benzene rings is 2. The molecular weight excluding hydrogens is 405 g/mol. The van der Waals surface area contributed by atoms with Gasteiger partial charge in [0.25, 0.3) is 5.91 Å². The number of rotatable bonds is 8. The van der Waals surface area contributed by atoms with Crippen molar-refractivity contribution in [2.24, 2.45) is 0 Å². The Labute approximate surface area is 178 Å². The van der Waals surface area contributed by atoms with Crippen LogP contribution in [0, 0.1) is 5.82 Å². The van der Waals surface area contributed by atoms with Gasteiger partial charge in [0, 0.05) is 35.0 Å². The smallest absolute Gasteiger partial charge is 0.262 e. The molecule has 0 saturated heterocycles. The molecule has 0 aliphatic carbocycles. The van der Waals surface area contributed by atoms with E-state index in [1.54, 1.807) is 23.1 Å². The van der Waals surface area contributed by atoms with E-state index in [2.05, 4.69) is 10.6 Å². The summed E-state index contributed by atoms with van der Waals surface area (Å²) in [4.78, 5) is 27.0. The van der Waals surface area contributed by atoms with Crippen LogP contribution in [0.3, 0.4) is 0 Å². The first-order valence-corrected chi connectivity index (χ1v) is 10.2. The minimum atomic E-state index is -0.365. The number of nitrogens with one attached hydrogen (secondary N) is 2. The van der Waals surface area contributed by atoms with Crippen molar-refractivity contribution in [1.29, 1.82) is 0 Å². The van der Waals surface area contributed by atoms with E-state index in [9.17, 15) is 14.0 Å². The molecule has 0 atom stereocenters. The molecule has 3 rings (SSSR count). The molecule has 1 aromatic heterocycles. The van der Waals surface area contributed by atoms with E-state index in [1.165, 1.54) is 24.5 Å². The Bertz CT molecular complexity index is 1060. The molecule has 3 aromatic rings. The number of carbonyl (C=O) groups is 2. The SMILES string of the molecule is COCc1c(C(=O)NCc2cccc(NC(=O)CN(C)C)c2)sc2cccc(F)c12. The standard InChI is InChI=1S/C22H24FN3O3S/c1-26(2)12-19(27)25-15-7-4-6-14(10-15)11-24-22(28)21-16(13-29-3)20-17(23)8-5-9-18(20)30-21/h4-10H,11-13H2,1-3H3,(H,24,28)(H,25,27). The monoisotopic (exact) mass is 429 g/mol. The van der Waals surface area contributed by atoms with Gasteiger partial charge in [0.15, 0.2) is 0 Å². The molecule has 0 fully saturated rings. The number of halogens is 1. The number of hydrogen-bond donors (Lipinski definition) is 2. The van der Waals surface area contributed by atoms with Gasteiger partial charge in [0.1, 0.15) is 5.82 Å². The molecule has 30 heavy (non-hydrogen) atoms. The Hall–Kier alpha value is -2.81. The van der Waals surface area contributed by atoms with Crippen LogP contribution in [0.5, 0.6) is 0 Å². The first kappa shape index (κ1) is 21.9. The number of likely N-dealkylation sites (N-methyl/N-ethyl adjacent to an activating group) is 1. The van der Waals surface area contributed by atoms with Gasteiger partial charge in [-0.1, -0.05) is 18.2 Å². The highest BCUT2D eigenvalue weighted by molar-refractivity contribution is 7.21. The normalized spacial score (nSPS) is 11.1. The lowest BCUT2D eigenvalue weighted by Crippen LogP contribution is -2.27. The Morgan fingerprint density at radius 3 is 2.67 bits per heavy atom. The molecule has 0 aliphatic heterocycles. The molecule has 0 bridgehead atoms. The van der Waals surface area contributed by atoms with E-state index in [-0.39, 0.29) is 37.3 Å². The predicted octanol–water partition coefficient (Wildman–Crippen LogP) is 3.62. The first-order valence-electron chi connectivity index (χ1n) is 9.39. The highest BCUT2D eigenvalue weighted by atomic mass is 32.1. The highest BCUT2D eigenvalue weighted by Crippen LogP contribution is 2.33. The zero-order valence-electron chi connectivity index (χ0n) is 17.1. The minimum absolute atomic E-state index is 0.113. The molecule has 0 spiro atoms. The van der Waals surface area contributed by atoms with Gasteiger partial charge >= 0.3 is 0 Å². The maximum Gasteiger partial charge on any atom is 0.262 e. The quantitative estimate of drug-likeness (QED) is 0.574. The summed E-state index contributed by atoms with van der Waals surface area (Å²) in [6.45, 7) is 0.711. The maximum absolute atomic E-state index is 14.3. The molecule has 1 heterocycles. The van der Waals surface area contributed by atoms with Crippen LogP contribution >= 0.6 is 11.3 Å². The van der Waals surface area contributed by atoms with E-state index in [1.807, 2.05) is 32.3 Å². The summed E-state index contributed by atoms with van der Waals surface area (Å²) >= 11 is 1.24. The van der Waals surface area contributed by atoms with Crippen molar-refractivity contribution < 1.29 is 18.7 Å². The Morgan fingerprint density at radius 1 is 1.17 bits per heavy atom. The van der Waals surface area contributed by atoms with Crippen molar-refractivity contribution in [3.63, 3.8) is 0 Å². The van der Waals surface area contributed by atoms with Gasteiger partial charge in [-0.15, -0.1) is 11.3 Å². The number of ether oxygens (including phenoxy) is 1. The Balaban J connectivity index is 1.73. The number of fused-ring (bicyclic) bond motifs is 1. The molecule has 0 radical (unpaired) electrons. The lowest BCUT2D eigenvalue weighted by molar-refractivity contribution is -0.116. The zero-order chi connectivity index (χ0) is 21.7. The van der Waals surface area contributed by atoms with E-state index in [0.717, 1.165) is 5.56 Å². The van der Waals surface area contributed by atoms with Crippen LogP contribution in [0.25, 0.3) is 10.1 Å². The molecule has 2 aromatic carbocycles. The molecule has 0 unspecified atom stereocenters. The van der Waals surface area contributed by atoms with E-state index in [0.29, 0.717) is 26.2 Å². The van der Waals surface area contributed by atoms with Gasteiger partial charge in [-0.3, -0.25) is 9.59 Å². The fourth-order valence-electron chi connectivity index (χ4n) is 3.14. The molecule has 0 aliphatic rings. The number of methoxy groups -OCH3 is 1. The fraction of sp³-hybridized carbons (Fsp3) is 0.273. The van der Waals surface area contributed by atoms with Gasteiger partial charge in [0.2, 0.25) is 5.91 Å². The van der Waals surface area contributed by atoms with Crippen molar-refractivity contribution in [2.45, 2.75) is 13.2 Å². The summed E-state index contributed by atoms with van der Waals surface area (Å²) in [5.74, 6) is -0.765. The predicted molar refractivity (Wildman–Crippen MR) is 117 cm³/mol. The lowest BCUT2D eigenvalue weighted by atomic mass is 10.1. The maximum atomic E-state index is 14.3. The Morgan fingerprint density at radius 2 is 1.93 bits per heavy atom. The number of hydrogen-bond acceptors (Lipinski definition) is 5. The largest absolute Gasteiger partial charge is 0.380 e. The summed E-state index contributed by atoms with van der Waals surface area (Å²) in [6, 6.07) is 12.1. The van der Waals surface area contributed by atoms with Crippen molar-refractivity contribution in [3.8, 4) is 0 Å². The molecule has 2 amide bonds. The fourth-order valence-corrected chi connectivity index (χ4v) is 4.28. The van der Waals surface area contributed by atoms with Crippen LogP contribution in [0.4, 0.5) is 10.1 Å². The van der Waals surface area contributed by atoms with Crippen LogP contribution in [0.2, 0.25) is 0 Å². The number of nitrogens with zero attached hydrogens (tertiary/aromatic N) is 1. The van der Waals surface area contributed by atoms with Gasteiger partial charge < -0.3 is 20.3 Å². The average Bonchev–Trinajstić information content (AvgIpc) is 3.06. The summed E-state index contributed by atoms with van der Waals surface area (Å²) < 4.78 is 20.2. The number of anilines is 1. The summed E-state index contributed by atoms with van der Waals surface area (Å²) in [7, 11) is 5.16. The Kier molecular flexibility index (Phi) is 7.15. The number of thiophene rings is 1. The zero-order valence-corrected chi connectivity index (χ0v) is 17.9. The van der Waals surface area contributed by atoms with Crippen molar-refractivity contribution in [1.82, 2.24) is 10.2 Å². The molecule has 6 nitrogen and oxygen atoms in total. The van der Waals surface area contributed by atoms with Crippen LogP contribution in [0.1, 0.15) is 20.8 Å². The van der Waals surface area contributed by atoms with Crippen molar-refractivity contribution in [2.75, 3.05) is 33.1 Å². The second kappa shape index (κ2) is 9.80. The first-order chi connectivity index (χ1) is 14.4. The summed E-state index contributed by atoms with van der Waals surface area (Å²) in [6.07, 6.45) is 0. The molecule has 8 heteroatoms.